The molecule has 1 saturated carbocycles. The summed E-state index contributed by atoms with van der Waals surface area (Å²) < 4.78 is 29.9. The van der Waals surface area contributed by atoms with Gasteiger partial charge in [0.05, 0.1) is 6.26 Å². The summed E-state index contributed by atoms with van der Waals surface area (Å²) in [6, 6.07) is 3.85. The van der Waals surface area contributed by atoms with Crippen LogP contribution >= 0.6 is 0 Å². The van der Waals surface area contributed by atoms with E-state index in [9.17, 15) is 8.42 Å². The van der Waals surface area contributed by atoms with Crippen molar-refractivity contribution >= 4 is 21.7 Å². The first kappa shape index (κ1) is 19.0. The molecular weight excluding hydrogens is 328 g/mol. The predicted molar refractivity (Wildman–Crippen MR) is 96.5 cm³/mol. The van der Waals surface area contributed by atoms with E-state index in [1.807, 2.05) is 6.07 Å². The predicted octanol–water partition coefficient (Wildman–Crippen LogP) is 1.41. The number of nitrogens with one attached hydrogen (secondary N) is 1. The number of rotatable bonds is 9. The van der Waals surface area contributed by atoms with Gasteiger partial charge in [-0.1, -0.05) is 6.92 Å². The molecule has 0 spiro atoms. The van der Waals surface area contributed by atoms with Crippen LogP contribution < -0.4 is 15.4 Å². The molecule has 24 heavy (non-hydrogen) atoms. The maximum Gasteiger partial charge on any atom is 0.233 e. The third-order valence-electron chi connectivity index (χ3n) is 4.58. The lowest BCUT2D eigenvalue weighted by atomic mass is 10.1. The molecule has 1 aromatic heterocycles. The second kappa shape index (κ2) is 7.67. The van der Waals surface area contributed by atoms with E-state index in [0.29, 0.717) is 36.6 Å². The summed E-state index contributed by atoms with van der Waals surface area (Å²) in [5.41, 5.74) is 6.60. The Bertz CT molecular complexity index is 665. The summed E-state index contributed by atoms with van der Waals surface area (Å²) in [4.78, 5) is 4.47. The number of nitrogens with two attached hydrogens (primary N) is 1. The van der Waals surface area contributed by atoms with E-state index in [1.54, 1.807) is 13.2 Å². The zero-order chi connectivity index (χ0) is 17.9. The molecule has 0 aliphatic heterocycles. The highest BCUT2D eigenvalue weighted by atomic mass is 32.2. The van der Waals surface area contributed by atoms with Crippen molar-refractivity contribution < 1.29 is 13.2 Å². The molecular formula is C16H28N4O3S. The topological polar surface area (TPSA) is 97.5 Å². The second-order valence-electron chi connectivity index (χ2n) is 6.56. The standard InChI is InChI=1S/C16H28N4O3S/c1-11-7-13(11)14(5-6-23-3)18-15-8-12(10-17)9-16(19-15)20(2)24(4,21)22/h8-9,11,13-14H,5-7,10,17H2,1-4H3,(H,18,19)/t11-,13-,14?/m0/s1. The Balaban J connectivity index is 2.24. The minimum Gasteiger partial charge on any atom is -0.385 e. The van der Waals surface area contributed by atoms with Crippen LogP contribution in [-0.4, -0.2) is 46.5 Å². The van der Waals surface area contributed by atoms with Crippen molar-refractivity contribution in [3.63, 3.8) is 0 Å². The zero-order valence-electron chi connectivity index (χ0n) is 14.8. The molecule has 0 saturated heterocycles. The lowest BCUT2D eigenvalue weighted by molar-refractivity contribution is 0.187. The van der Waals surface area contributed by atoms with Gasteiger partial charge in [-0.05, 0) is 42.4 Å². The number of methoxy groups -OCH3 is 1. The molecule has 3 atom stereocenters. The number of nitrogens with zero attached hydrogens (tertiary/aromatic N) is 2. The van der Waals surface area contributed by atoms with Gasteiger partial charge in [0.1, 0.15) is 11.6 Å². The van der Waals surface area contributed by atoms with Crippen LogP contribution in [0.25, 0.3) is 0 Å². The average molecular weight is 356 g/mol. The van der Waals surface area contributed by atoms with Crippen LogP contribution in [0.1, 0.15) is 25.3 Å². The number of sulfonamides is 1. The van der Waals surface area contributed by atoms with E-state index in [0.717, 1.165) is 18.2 Å². The first-order valence-corrected chi connectivity index (χ1v) is 10.0. The summed E-state index contributed by atoms with van der Waals surface area (Å²) >= 11 is 0. The smallest absolute Gasteiger partial charge is 0.233 e. The molecule has 0 aromatic carbocycles. The summed E-state index contributed by atoms with van der Waals surface area (Å²) in [5.74, 6) is 2.32. The lowest BCUT2D eigenvalue weighted by Crippen LogP contribution is -2.28. The summed E-state index contributed by atoms with van der Waals surface area (Å²) in [6.07, 6.45) is 3.23. The van der Waals surface area contributed by atoms with Crippen LogP contribution in [0.3, 0.4) is 0 Å². The van der Waals surface area contributed by atoms with Gasteiger partial charge in [-0.25, -0.2) is 13.4 Å². The van der Waals surface area contributed by atoms with E-state index in [2.05, 4.69) is 17.2 Å². The summed E-state index contributed by atoms with van der Waals surface area (Å²) in [6.45, 7) is 3.23. The Kier molecular flexibility index (Phi) is 6.06. The van der Waals surface area contributed by atoms with Crippen LogP contribution in [0.5, 0.6) is 0 Å². The number of pyridine rings is 1. The third-order valence-corrected chi connectivity index (χ3v) is 5.76. The maximum absolute atomic E-state index is 11.8. The Morgan fingerprint density at radius 2 is 2.17 bits per heavy atom. The zero-order valence-corrected chi connectivity index (χ0v) is 15.6. The molecule has 0 radical (unpaired) electrons. The highest BCUT2D eigenvalue weighted by molar-refractivity contribution is 7.92. The van der Waals surface area contributed by atoms with Gasteiger partial charge in [-0.15, -0.1) is 0 Å². The fourth-order valence-electron chi connectivity index (χ4n) is 2.83. The van der Waals surface area contributed by atoms with E-state index < -0.39 is 10.0 Å². The van der Waals surface area contributed by atoms with Crippen molar-refractivity contribution in [2.45, 2.75) is 32.4 Å². The number of ether oxygens (including phenoxy) is 1. The van der Waals surface area contributed by atoms with Crippen molar-refractivity contribution in [3.05, 3.63) is 17.7 Å². The molecule has 1 heterocycles. The number of aromatic nitrogens is 1. The first-order chi connectivity index (χ1) is 11.3. The molecule has 0 bridgehead atoms. The van der Waals surface area contributed by atoms with Crippen LogP contribution in [0.15, 0.2) is 12.1 Å². The van der Waals surface area contributed by atoms with Crippen molar-refractivity contribution in [3.8, 4) is 0 Å². The molecule has 1 aromatic rings. The van der Waals surface area contributed by atoms with Crippen LogP contribution in [0.2, 0.25) is 0 Å². The quantitative estimate of drug-likeness (QED) is 0.694. The average Bonchev–Trinajstić information content (AvgIpc) is 3.26. The SMILES string of the molecule is COCCC(Nc1cc(CN)cc(N(C)S(C)(=O)=O)n1)[C@H]1C[C@@H]1C. The molecule has 7 nitrogen and oxygen atoms in total. The fraction of sp³-hybridized carbons (Fsp3) is 0.688. The molecule has 1 fully saturated rings. The molecule has 1 aliphatic rings. The third kappa shape index (κ3) is 4.81. The minimum absolute atomic E-state index is 0.261. The van der Waals surface area contributed by atoms with E-state index in [1.165, 1.54) is 17.8 Å². The fourth-order valence-corrected chi connectivity index (χ4v) is 3.27. The van der Waals surface area contributed by atoms with Gasteiger partial charge < -0.3 is 15.8 Å². The van der Waals surface area contributed by atoms with E-state index in [4.69, 9.17) is 10.5 Å². The van der Waals surface area contributed by atoms with Crippen molar-refractivity contribution in [2.75, 3.05) is 36.6 Å². The minimum atomic E-state index is -3.37. The van der Waals surface area contributed by atoms with Gasteiger partial charge in [0.25, 0.3) is 0 Å². The Morgan fingerprint density at radius 1 is 1.50 bits per heavy atom. The maximum atomic E-state index is 11.8. The molecule has 0 amide bonds. The summed E-state index contributed by atoms with van der Waals surface area (Å²) in [7, 11) is -0.183. The normalized spacial score (nSPS) is 21.4. The highest BCUT2D eigenvalue weighted by Crippen LogP contribution is 2.42. The van der Waals surface area contributed by atoms with Crippen molar-refractivity contribution in [2.24, 2.45) is 17.6 Å². The van der Waals surface area contributed by atoms with Crippen LogP contribution in [0.4, 0.5) is 11.6 Å². The highest BCUT2D eigenvalue weighted by Gasteiger charge is 2.39. The van der Waals surface area contributed by atoms with Crippen molar-refractivity contribution in [1.29, 1.82) is 0 Å². The van der Waals surface area contributed by atoms with Gasteiger partial charge in [-0.2, -0.15) is 0 Å². The molecule has 8 heteroatoms. The van der Waals surface area contributed by atoms with Crippen LogP contribution in [-0.2, 0) is 21.3 Å². The Morgan fingerprint density at radius 3 is 2.67 bits per heavy atom. The van der Waals surface area contributed by atoms with Crippen LogP contribution in [0, 0.1) is 11.8 Å². The Labute approximate surface area is 144 Å². The summed E-state index contributed by atoms with van der Waals surface area (Å²) in [5, 5.41) is 3.46. The van der Waals surface area contributed by atoms with Crippen molar-refractivity contribution in [1.82, 2.24) is 4.98 Å². The molecule has 1 aliphatic carbocycles. The second-order valence-corrected chi connectivity index (χ2v) is 8.58. The lowest BCUT2D eigenvalue weighted by Gasteiger charge is -2.22. The number of hydrogen-bond donors (Lipinski definition) is 2. The van der Waals surface area contributed by atoms with Gasteiger partial charge >= 0.3 is 0 Å². The molecule has 3 N–H and O–H groups in total. The van der Waals surface area contributed by atoms with E-state index >= 15 is 0 Å². The molecule has 1 unspecified atom stereocenters. The van der Waals surface area contributed by atoms with Gasteiger partial charge in [0, 0.05) is 33.4 Å². The Hall–Kier alpha value is -1.38. The monoisotopic (exact) mass is 356 g/mol. The van der Waals surface area contributed by atoms with E-state index in [-0.39, 0.29) is 6.04 Å². The first-order valence-electron chi connectivity index (χ1n) is 8.16. The largest absolute Gasteiger partial charge is 0.385 e. The molecule has 136 valence electrons. The van der Waals surface area contributed by atoms with Gasteiger partial charge in [0.15, 0.2) is 0 Å². The molecule has 2 rings (SSSR count). The number of hydrogen-bond acceptors (Lipinski definition) is 6. The number of anilines is 2. The van der Waals surface area contributed by atoms with Gasteiger partial charge in [-0.3, -0.25) is 4.31 Å². The van der Waals surface area contributed by atoms with Gasteiger partial charge in [0.2, 0.25) is 10.0 Å².